The van der Waals surface area contributed by atoms with Gasteiger partial charge in [-0.25, -0.2) is 9.78 Å². The van der Waals surface area contributed by atoms with Crippen molar-refractivity contribution >= 4 is 11.7 Å². The van der Waals surface area contributed by atoms with Gasteiger partial charge in [0, 0.05) is 11.9 Å². The highest BCUT2D eigenvalue weighted by atomic mass is 16.4. The number of aryl methyl sites for hydroxylation is 1. The molecule has 0 atom stereocenters. The van der Waals surface area contributed by atoms with E-state index >= 15 is 0 Å². The second kappa shape index (κ2) is 4.69. The topological polar surface area (TPSA) is 78.0 Å². The van der Waals surface area contributed by atoms with Gasteiger partial charge in [-0.15, -0.1) is 0 Å². The van der Waals surface area contributed by atoms with Crippen LogP contribution in [0.15, 0.2) is 30.7 Å². The molecule has 2 aromatic rings. The van der Waals surface area contributed by atoms with Crippen molar-refractivity contribution in [1.29, 1.82) is 0 Å². The fourth-order valence-electron chi connectivity index (χ4n) is 1.52. The predicted molar refractivity (Wildman–Crippen MR) is 64.1 cm³/mol. The molecule has 0 saturated carbocycles. The Morgan fingerprint density at radius 2 is 2.35 bits per heavy atom. The predicted octanol–water partition coefficient (Wildman–Crippen LogP) is 2.03. The molecule has 0 aliphatic rings. The Hall–Kier alpha value is -2.30. The molecule has 0 radical (unpaired) electrons. The van der Waals surface area contributed by atoms with Gasteiger partial charge in [0.05, 0.1) is 24.1 Å². The highest BCUT2D eigenvalue weighted by Gasteiger charge is 2.06. The molecule has 0 fully saturated rings. The maximum absolute atomic E-state index is 10.9. The number of anilines is 1. The molecule has 0 spiro atoms. The number of carbonyl (C=O) groups is 1. The van der Waals surface area contributed by atoms with Crippen molar-refractivity contribution in [2.75, 3.05) is 5.32 Å². The van der Waals surface area contributed by atoms with Crippen LogP contribution < -0.4 is 5.32 Å². The van der Waals surface area contributed by atoms with E-state index in [0.717, 1.165) is 16.9 Å². The van der Waals surface area contributed by atoms with Crippen LogP contribution in [0.5, 0.6) is 0 Å². The third-order valence-corrected chi connectivity index (χ3v) is 2.51. The molecule has 0 aliphatic heterocycles. The minimum Gasteiger partial charge on any atom is -0.478 e. The van der Waals surface area contributed by atoms with Gasteiger partial charge in [-0.1, -0.05) is 6.07 Å². The number of carboxylic acids is 1. The molecule has 0 saturated heterocycles. The number of H-pyrrole nitrogens is 1. The van der Waals surface area contributed by atoms with Crippen LogP contribution >= 0.6 is 0 Å². The molecule has 0 amide bonds. The molecular weight excluding hydrogens is 218 g/mol. The Labute approximate surface area is 98.5 Å². The molecule has 1 aromatic carbocycles. The molecule has 5 heteroatoms. The molecule has 1 aromatic heterocycles. The van der Waals surface area contributed by atoms with Crippen molar-refractivity contribution < 1.29 is 9.90 Å². The van der Waals surface area contributed by atoms with E-state index in [2.05, 4.69) is 15.3 Å². The number of aromatic nitrogens is 2. The first-order valence-electron chi connectivity index (χ1n) is 5.22. The van der Waals surface area contributed by atoms with E-state index in [-0.39, 0.29) is 5.56 Å². The van der Waals surface area contributed by atoms with Crippen molar-refractivity contribution in [2.45, 2.75) is 13.5 Å². The quantitative estimate of drug-likeness (QED) is 0.752. The summed E-state index contributed by atoms with van der Waals surface area (Å²) in [5.41, 5.74) is 3.06. The summed E-state index contributed by atoms with van der Waals surface area (Å²) in [6.07, 6.45) is 3.33. The Bertz CT molecular complexity index is 521. The average molecular weight is 231 g/mol. The first-order chi connectivity index (χ1) is 8.16. The van der Waals surface area contributed by atoms with Crippen LogP contribution in [0.1, 0.15) is 21.6 Å². The van der Waals surface area contributed by atoms with Crippen LogP contribution in [0.25, 0.3) is 0 Å². The third kappa shape index (κ3) is 2.63. The fourth-order valence-corrected chi connectivity index (χ4v) is 1.52. The summed E-state index contributed by atoms with van der Waals surface area (Å²) in [7, 11) is 0. The number of aromatic amines is 1. The van der Waals surface area contributed by atoms with Crippen molar-refractivity contribution in [2.24, 2.45) is 0 Å². The van der Waals surface area contributed by atoms with Crippen LogP contribution in [0.3, 0.4) is 0 Å². The maximum Gasteiger partial charge on any atom is 0.335 e. The zero-order chi connectivity index (χ0) is 12.3. The number of aromatic carboxylic acids is 1. The van der Waals surface area contributed by atoms with E-state index in [9.17, 15) is 4.79 Å². The van der Waals surface area contributed by atoms with Crippen LogP contribution in [-0.4, -0.2) is 21.0 Å². The molecule has 3 N–H and O–H groups in total. The standard InChI is InChI=1S/C12H13N3O2/c1-8-2-3-9(12(16)17)4-11(8)14-6-10-5-13-7-15-10/h2-5,7,14H,6H2,1H3,(H,13,15)(H,16,17). The number of hydrogen-bond donors (Lipinski definition) is 3. The highest BCUT2D eigenvalue weighted by molar-refractivity contribution is 5.89. The summed E-state index contributed by atoms with van der Waals surface area (Å²) in [6, 6.07) is 5.02. The molecule has 17 heavy (non-hydrogen) atoms. The summed E-state index contributed by atoms with van der Waals surface area (Å²) in [5.74, 6) is -0.922. The number of imidazole rings is 1. The van der Waals surface area contributed by atoms with Crippen LogP contribution in [0, 0.1) is 6.92 Å². The summed E-state index contributed by atoms with van der Waals surface area (Å²) < 4.78 is 0. The summed E-state index contributed by atoms with van der Waals surface area (Å²) in [6.45, 7) is 2.52. The van der Waals surface area contributed by atoms with E-state index in [4.69, 9.17) is 5.11 Å². The van der Waals surface area contributed by atoms with Crippen molar-refractivity contribution in [3.8, 4) is 0 Å². The maximum atomic E-state index is 10.9. The minimum atomic E-state index is -0.922. The van der Waals surface area contributed by atoms with E-state index < -0.39 is 5.97 Å². The summed E-state index contributed by atoms with van der Waals surface area (Å²) in [4.78, 5) is 17.7. The SMILES string of the molecule is Cc1ccc(C(=O)O)cc1NCc1cnc[nH]1. The molecule has 0 bridgehead atoms. The van der Waals surface area contributed by atoms with Crippen molar-refractivity contribution in [3.63, 3.8) is 0 Å². The van der Waals surface area contributed by atoms with Gasteiger partial charge in [0.25, 0.3) is 0 Å². The number of nitrogens with zero attached hydrogens (tertiary/aromatic N) is 1. The highest BCUT2D eigenvalue weighted by Crippen LogP contribution is 2.17. The van der Waals surface area contributed by atoms with Gasteiger partial charge < -0.3 is 15.4 Å². The molecule has 88 valence electrons. The lowest BCUT2D eigenvalue weighted by atomic mass is 10.1. The molecule has 5 nitrogen and oxygen atoms in total. The van der Waals surface area contributed by atoms with Gasteiger partial charge in [0.15, 0.2) is 0 Å². The lowest BCUT2D eigenvalue weighted by Gasteiger charge is -2.09. The zero-order valence-corrected chi connectivity index (χ0v) is 9.40. The van der Waals surface area contributed by atoms with Gasteiger partial charge in [0.1, 0.15) is 0 Å². The normalized spacial score (nSPS) is 10.2. The number of rotatable bonds is 4. The number of hydrogen-bond acceptors (Lipinski definition) is 3. The minimum absolute atomic E-state index is 0.280. The molecule has 1 heterocycles. The summed E-state index contributed by atoms with van der Waals surface area (Å²) >= 11 is 0. The smallest absolute Gasteiger partial charge is 0.335 e. The third-order valence-electron chi connectivity index (χ3n) is 2.51. The lowest BCUT2D eigenvalue weighted by Crippen LogP contribution is -2.04. The lowest BCUT2D eigenvalue weighted by molar-refractivity contribution is 0.0697. The van der Waals surface area contributed by atoms with Gasteiger partial charge in [-0.3, -0.25) is 0 Å². The van der Waals surface area contributed by atoms with Crippen LogP contribution in [-0.2, 0) is 6.54 Å². The van der Waals surface area contributed by atoms with Gasteiger partial charge >= 0.3 is 5.97 Å². The number of nitrogens with one attached hydrogen (secondary N) is 2. The average Bonchev–Trinajstić information content (AvgIpc) is 2.80. The summed E-state index contributed by atoms with van der Waals surface area (Å²) in [5, 5.41) is 12.1. The van der Waals surface area contributed by atoms with Crippen molar-refractivity contribution in [3.05, 3.63) is 47.5 Å². The molecular formula is C12H13N3O2. The Morgan fingerprint density at radius 3 is 3.00 bits per heavy atom. The molecule has 0 unspecified atom stereocenters. The van der Waals surface area contributed by atoms with E-state index in [1.54, 1.807) is 30.7 Å². The Morgan fingerprint density at radius 1 is 1.53 bits per heavy atom. The Kier molecular flexibility index (Phi) is 3.09. The van der Waals surface area contributed by atoms with Crippen LogP contribution in [0.4, 0.5) is 5.69 Å². The van der Waals surface area contributed by atoms with Gasteiger partial charge in [-0.2, -0.15) is 0 Å². The van der Waals surface area contributed by atoms with Crippen molar-refractivity contribution in [1.82, 2.24) is 9.97 Å². The van der Waals surface area contributed by atoms with Gasteiger partial charge in [-0.05, 0) is 24.6 Å². The first kappa shape index (κ1) is 11.2. The van der Waals surface area contributed by atoms with E-state index in [1.807, 2.05) is 6.92 Å². The first-order valence-corrected chi connectivity index (χ1v) is 5.22. The fraction of sp³-hybridized carbons (Fsp3) is 0.167. The van der Waals surface area contributed by atoms with E-state index in [1.165, 1.54) is 0 Å². The number of benzene rings is 1. The second-order valence-electron chi connectivity index (χ2n) is 3.77. The second-order valence-corrected chi connectivity index (χ2v) is 3.77. The van der Waals surface area contributed by atoms with E-state index in [0.29, 0.717) is 6.54 Å². The number of carboxylic acid groups (broad SMARTS) is 1. The molecule has 2 rings (SSSR count). The monoisotopic (exact) mass is 231 g/mol. The molecule has 0 aliphatic carbocycles. The van der Waals surface area contributed by atoms with Crippen LogP contribution in [0.2, 0.25) is 0 Å². The Balaban J connectivity index is 2.14. The zero-order valence-electron chi connectivity index (χ0n) is 9.40. The van der Waals surface area contributed by atoms with Gasteiger partial charge in [0.2, 0.25) is 0 Å². The largest absolute Gasteiger partial charge is 0.478 e.